The van der Waals surface area contributed by atoms with Crippen LogP contribution in [0.15, 0.2) is 35.5 Å². The summed E-state index contributed by atoms with van der Waals surface area (Å²) >= 11 is 0.856. The zero-order valence-electron chi connectivity index (χ0n) is 15.5. The van der Waals surface area contributed by atoms with Gasteiger partial charge in [-0.15, -0.1) is 13.2 Å². The fourth-order valence-electron chi connectivity index (χ4n) is 3.32. The first kappa shape index (κ1) is 22.2. The van der Waals surface area contributed by atoms with Crippen LogP contribution < -0.4 is 15.4 Å². The van der Waals surface area contributed by atoms with Gasteiger partial charge in [-0.1, -0.05) is 0 Å². The number of nitrogens with one attached hydrogen (secondary N) is 1. The molecule has 2 atom stereocenters. The van der Waals surface area contributed by atoms with Crippen molar-refractivity contribution >= 4 is 29.2 Å². The molecule has 2 heterocycles. The molecule has 6 nitrogen and oxygen atoms in total. The Balaban J connectivity index is 1.89. The highest BCUT2D eigenvalue weighted by atomic mass is 32.2. The van der Waals surface area contributed by atoms with Crippen LogP contribution in [0, 0.1) is 18.6 Å². The fourth-order valence-corrected chi connectivity index (χ4v) is 3.63. The molecule has 0 bridgehead atoms. The van der Waals surface area contributed by atoms with Gasteiger partial charge in [0.15, 0.2) is 11.6 Å². The molecule has 1 aromatic carbocycles. The fraction of sp³-hybridized carbons (Fsp3) is 0.333. The normalized spacial score (nSPS) is 19.2. The van der Waals surface area contributed by atoms with Crippen molar-refractivity contribution in [3.8, 4) is 0 Å². The van der Waals surface area contributed by atoms with E-state index in [1.54, 1.807) is 0 Å². The average Bonchev–Trinajstić information content (AvgIpc) is 3.08. The number of amides is 1. The first-order valence-corrected chi connectivity index (χ1v) is 9.56. The van der Waals surface area contributed by atoms with Gasteiger partial charge in [0.2, 0.25) is 5.91 Å². The SMILES string of the molecule is Cc1c(N2CC(OC(F)(F)F)CC2C(=O)Nc2ccnc(SN)c2)ccc(F)c1F. The summed E-state index contributed by atoms with van der Waals surface area (Å²) in [5.41, 5.74) is 0.326. The maximum atomic E-state index is 14.0. The highest BCUT2D eigenvalue weighted by Gasteiger charge is 2.43. The minimum absolute atomic E-state index is 0.107. The van der Waals surface area contributed by atoms with Crippen molar-refractivity contribution in [3.05, 3.63) is 47.7 Å². The van der Waals surface area contributed by atoms with E-state index in [0.29, 0.717) is 10.7 Å². The number of hydrogen-bond acceptors (Lipinski definition) is 6. The number of ether oxygens (including phenoxy) is 1. The lowest BCUT2D eigenvalue weighted by atomic mass is 10.1. The molecule has 3 rings (SSSR count). The lowest BCUT2D eigenvalue weighted by molar-refractivity contribution is -0.339. The number of benzene rings is 1. The Kier molecular flexibility index (Phi) is 6.48. The van der Waals surface area contributed by atoms with Gasteiger partial charge < -0.3 is 10.2 Å². The Labute approximate surface area is 172 Å². The Morgan fingerprint density at radius 2 is 2.07 bits per heavy atom. The molecule has 0 spiro atoms. The summed E-state index contributed by atoms with van der Waals surface area (Å²) in [5.74, 6) is -2.86. The number of pyridine rings is 1. The van der Waals surface area contributed by atoms with Crippen LogP contribution in [-0.4, -0.2) is 35.9 Å². The number of alkyl halides is 3. The van der Waals surface area contributed by atoms with Crippen molar-refractivity contribution in [1.82, 2.24) is 4.98 Å². The molecule has 1 aliphatic rings. The second-order valence-corrected chi connectivity index (χ2v) is 7.24. The third-order valence-corrected chi connectivity index (χ3v) is 5.07. The lowest BCUT2D eigenvalue weighted by Gasteiger charge is -2.27. The number of anilines is 2. The van der Waals surface area contributed by atoms with Crippen LogP contribution in [0.5, 0.6) is 0 Å². The van der Waals surface area contributed by atoms with E-state index in [1.807, 2.05) is 0 Å². The Bertz CT molecular complexity index is 943. The zero-order valence-corrected chi connectivity index (χ0v) is 16.4. The second-order valence-electron chi connectivity index (χ2n) is 6.58. The van der Waals surface area contributed by atoms with Crippen LogP contribution in [0.2, 0.25) is 0 Å². The molecule has 1 aromatic heterocycles. The Morgan fingerprint density at radius 1 is 1.33 bits per heavy atom. The molecule has 0 aliphatic carbocycles. The summed E-state index contributed by atoms with van der Waals surface area (Å²) in [5, 5.41) is 8.45. The molecule has 1 amide bonds. The van der Waals surface area contributed by atoms with Crippen molar-refractivity contribution in [3.63, 3.8) is 0 Å². The number of rotatable bonds is 5. The maximum absolute atomic E-state index is 14.0. The predicted molar refractivity (Wildman–Crippen MR) is 101 cm³/mol. The van der Waals surface area contributed by atoms with Gasteiger partial charge in [0.25, 0.3) is 0 Å². The summed E-state index contributed by atoms with van der Waals surface area (Å²) in [7, 11) is 0. The molecule has 2 aromatic rings. The third kappa shape index (κ3) is 4.99. The first-order valence-electron chi connectivity index (χ1n) is 8.68. The molecule has 1 fully saturated rings. The van der Waals surface area contributed by atoms with Crippen LogP contribution in [0.3, 0.4) is 0 Å². The van der Waals surface area contributed by atoms with Gasteiger partial charge in [-0.05, 0) is 43.1 Å². The van der Waals surface area contributed by atoms with E-state index in [9.17, 15) is 26.7 Å². The van der Waals surface area contributed by atoms with Gasteiger partial charge in [0, 0.05) is 36.1 Å². The highest BCUT2D eigenvalue weighted by molar-refractivity contribution is 7.97. The van der Waals surface area contributed by atoms with E-state index in [1.165, 1.54) is 36.2 Å². The predicted octanol–water partition coefficient (Wildman–Crippen LogP) is 3.76. The molecule has 2 unspecified atom stereocenters. The molecule has 30 heavy (non-hydrogen) atoms. The molecule has 1 aliphatic heterocycles. The molecule has 1 saturated heterocycles. The number of aromatic nitrogens is 1. The summed E-state index contributed by atoms with van der Waals surface area (Å²) in [6.45, 7) is 0.956. The van der Waals surface area contributed by atoms with Crippen molar-refractivity contribution in [2.45, 2.75) is 36.9 Å². The lowest BCUT2D eigenvalue weighted by Crippen LogP contribution is -2.40. The van der Waals surface area contributed by atoms with Crippen molar-refractivity contribution in [2.24, 2.45) is 5.14 Å². The highest BCUT2D eigenvalue weighted by Crippen LogP contribution is 2.34. The minimum Gasteiger partial charge on any atom is -0.356 e. The van der Waals surface area contributed by atoms with Gasteiger partial charge in [0.1, 0.15) is 11.1 Å². The smallest absolute Gasteiger partial charge is 0.356 e. The standard InChI is InChI=1S/C18H17F5N4O2S/c1-9-13(3-2-12(19)16(9)20)27-8-11(29-18(21,22)23)7-14(27)17(28)26-10-4-5-25-15(6-10)30-24/h2-6,11,14H,7-8,24H2,1H3,(H,25,26,28). The zero-order chi connectivity index (χ0) is 22.1. The van der Waals surface area contributed by atoms with Gasteiger partial charge in [-0.3, -0.25) is 14.7 Å². The van der Waals surface area contributed by atoms with E-state index < -0.39 is 36.0 Å². The number of carbonyl (C=O) groups is 1. The summed E-state index contributed by atoms with van der Waals surface area (Å²) < 4.78 is 69.8. The van der Waals surface area contributed by atoms with E-state index in [-0.39, 0.29) is 24.2 Å². The molecule has 162 valence electrons. The van der Waals surface area contributed by atoms with Gasteiger partial charge in [-0.2, -0.15) is 0 Å². The first-order chi connectivity index (χ1) is 14.1. The number of nitrogens with two attached hydrogens (primary N) is 1. The number of hydrogen-bond donors (Lipinski definition) is 2. The van der Waals surface area contributed by atoms with E-state index in [4.69, 9.17) is 5.14 Å². The van der Waals surface area contributed by atoms with Crippen LogP contribution in [0.4, 0.5) is 33.3 Å². The van der Waals surface area contributed by atoms with Crippen LogP contribution in [0.1, 0.15) is 12.0 Å². The third-order valence-electron chi connectivity index (χ3n) is 4.61. The van der Waals surface area contributed by atoms with Gasteiger partial charge >= 0.3 is 6.36 Å². The molecular weight excluding hydrogens is 431 g/mol. The topological polar surface area (TPSA) is 80.5 Å². The van der Waals surface area contributed by atoms with E-state index >= 15 is 0 Å². The van der Waals surface area contributed by atoms with Crippen molar-refractivity contribution < 1.29 is 31.5 Å². The molecular formula is C18H17F5N4O2S. The minimum atomic E-state index is -4.90. The number of nitrogens with zero attached hydrogens (tertiary/aromatic N) is 2. The molecule has 0 saturated carbocycles. The summed E-state index contributed by atoms with van der Waals surface area (Å²) in [6.07, 6.45) is -5.15. The molecule has 3 N–H and O–H groups in total. The van der Waals surface area contributed by atoms with Crippen molar-refractivity contribution in [1.29, 1.82) is 0 Å². The number of halogens is 5. The summed E-state index contributed by atoms with van der Waals surface area (Å²) in [4.78, 5) is 18.1. The van der Waals surface area contributed by atoms with Crippen LogP contribution >= 0.6 is 11.9 Å². The second kappa shape index (κ2) is 8.74. The average molecular weight is 448 g/mol. The van der Waals surface area contributed by atoms with E-state index in [0.717, 1.165) is 18.0 Å². The molecule has 0 radical (unpaired) electrons. The Morgan fingerprint density at radius 3 is 2.73 bits per heavy atom. The summed E-state index contributed by atoms with van der Waals surface area (Å²) in [6, 6.07) is 3.96. The van der Waals surface area contributed by atoms with Crippen LogP contribution in [0.25, 0.3) is 0 Å². The van der Waals surface area contributed by atoms with Gasteiger partial charge in [-0.25, -0.2) is 13.8 Å². The monoisotopic (exact) mass is 448 g/mol. The van der Waals surface area contributed by atoms with E-state index in [2.05, 4.69) is 15.0 Å². The molecule has 12 heteroatoms. The van der Waals surface area contributed by atoms with Gasteiger partial charge in [0.05, 0.1) is 6.10 Å². The number of carbonyl (C=O) groups excluding carboxylic acids is 1. The quantitative estimate of drug-likeness (QED) is 0.536. The maximum Gasteiger partial charge on any atom is 0.522 e. The Hall–Kier alpha value is -2.44. The largest absolute Gasteiger partial charge is 0.522 e. The van der Waals surface area contributed by atoms with Crippen molar-refractivity contribution in [2.75, 3.05) is 16.8 Å². The van der Waals surface area contributed by atoms with Crippen LogP contribution in [-0.2, 0) is 9.53 Å².